The van der Waals surface area contributed by atoms with E-state index >= 15 is 0 Å². The fraction of sp³-hybridized carbons (Fsp3) is 0.154. The molecule has 0 saturated carbocycles. The van der Waals surface area contributed by atoms with Crippen molar-refractivity contribution in [1.82, 2.24) is 10.2 Å². The molecule has 1 saturated heterocycles. The fourth-order valence-corrected chi connectivity index (χ4v) is 1.77. The van der Waals surface area contributed by atoms with Gasteiger partial charge in [-0.1, -0.05) is 23.7 Å². The van der Waals surface area contributed by atoms with Crippen LogP contribution in [0.3, 0.4) is 0 Å². The van der Waals surface area contributed by atoms with Gasteiger partial charge in [0.15, 0.2) is 0 Å². The van der Waals surface area contributed by atoms with Crippen molar-refractivity contribution < 1.29 is 14.4 Å². The van der Waals surface area contributed by atoms with E-state index < -0.39 is 11.8 Å². The molecule has 1 N–H and O–H groups in total. The van der Waals surface area contributed by atoms with E-state index in [0.717, 1.165) is 5.56 Å². The van der Waals surface area contributed by atoms with E-state index in [1.165, 1.54) is 11.0 Å². The molecule has 1 aliphatic rings. The zero-order valence-corrected chi connectivity index (χ0v) is 10.7. The van der Waals surface area contributed by atoms with Crippen molar-refractivity contribution in [3.05, 3.63) is 40.9 Å². The number of amides is 3. The second-order valence-electron chi connectivity index (χ2n) is 4.05. The molecule has 2 rings (SSSR count). The average Bonchev–Trinajstić information content (AvgIpc) is 2.36. The lowest BCUT2D eigenvalue weighted by molar-refractivity contribution is -0.143. The highest BCUT2D eigenvalue weighted by Gasteiger charge is 2.24. The Hall–Kier alpha value is -2.14. The van der Waals surface area contributed by atoms with Gasteiger partial charge in [0.05, 0.1) is 0 Å². The molecule has 19 heavy (non-hydrogen) atoms. The molecule has 98 valence electrons. The van der Waals surface area contributed by atoms with Crippen LogP contribution < -0.4 is 5.32 Å². The zero-order chi connectivity index (χ0) is 13.8. The number of piperazine rings is 1. The number of nitrogens with zero attached hydrogens (tertiary/aromatic N) is 1. The van der Waals surface area contributed by atoms with Gasteiger partial charge in [0.1, 0.15) is 13.1 Å². The Morgan fingerprint density at radius 2 is 1.74 bits per heavy atom. The minimum absolute atomic E-state index is 0.102. The fourth-order valence-electron chi connectivity index (χ4n) is 1.64. The highest BCUT2D eigenvalue weighted by atomic mass is 35.5. The summed E-state index contributed by atoms with van der Waals surface area (Å²) < 4.78 is 0. The maximum atomic E-state index is 11.8. The van der Waals surface area contributed by atoms with Gasteiger partial charge in [-0.25, -0.2) is 0 Å². The number of imide groups is 1. The van der Waals surface area contributed by atoms with Gasteiger partial charge < -0.3 is 4.90 Å². The third-order valence-electron chi connectivity index (χ3n) is 2.55. The first-order valence-electron chi connectivity index (χ1n) is 5.60. The standard InChI is InChI=1S/C13H11ClN2O3/c14-10-4-1-9(2-5-10)3-6-13(19)16-7-11(17)15-12(18)8-16/h1-6H,7-8H2,(H,15,17,18). The van der Waals surface area contributed by atoms with E-state index in [9.17, 15) is 14.4 Å². The Bertz CT molecular complexity index is 536. The number of hydrogen-bond donors (Lipinski definition) is 1. The van der Waals surface area contributed by atoms with Crippen molar-refractivity contribution in [2.24, 2.45) is 0 Å². The van der Waals surface area contributed by atoms with Crippen LogP contribution in [0.1, 0.15) is 5.56 Å². The lowest BCUT2D eigenvalue weighted by Crippen LogP contribution is -2.52. The molecule has 0 spiro atoms. The molecule has 0 radical (unpaired) electrons. The quantitative estimate of drug-likeness (QED) is 0.644. The third kappa shape index (κ3) is 3.66. The zero-order valence-electron chi connectivity index (χ0n) is 9.93. The van der Waals surface area contributed by atoms with E-state index in [4.69, 9.17) is 11.6 Å². The lowest BCUT2D eigenvalue weighted by atomic mass is 10.2. The summed E-state index contributed by atoms with van der Waals surface area (Å²) in [6.45, 7) is -0.203. The van der Waals surface area contributed by atoms with Crippen LogP contribution in [0.2, 0.25) is 5.02 Å². The molecule has 1 aromatic carbocycles. The van der Waals surface area contributed by atoms with Crippen LogP contribution >= 0.6 is 11.6 Å². The predicted molar refractivity (Wildman–Crippen MR) is 70.2 cm³/mol. The second-order valence-corrected chi connectivity index (χ2v) is 4.49. The summed E-state index contributed by atoms with van der Waals surface area (Å²) in [5, 5.41) is 2.75. The van der Waals surface area contributed by atoms with Crippen molar-refractivity contribution in [2.75, 3.05) is 13.1 Å². The first-order chi connectivity index (χ1) is 9.04. The van der Waals surface area contributed by atoms with Gasteiger partial charge in [-0.2, -0.15) is 0 Å². The number of hydrogen-bond acceptors (Lipinski definition) is 3. The molecule has 1 heterocycles. The van der Waals surface area contributed by atoms with E-state index in [1.54, 1.807) is 30.3 Å². The molecule has 0 aromatic heterocycles. The van der Waals surface area contributed by atoms with E-state index in [2.05, 4.69) is 5.32 Å². The molecule has 1 aromatic rings. The molecular weight excluding hydrogens is 268 g/mol. The number of nitrogens with one attached hydrogen (secondary N) is 1. The highest BCUT2D eigenvalue weighted by Crippen LogP contribution is 2.10. The van der Waals surface area contributed by atoms with Crippen LogP contribution in [0.25, 0.3) is 6.08 Å². The van der Waals surface area contributed by atoms with Crippen molar-refractivity contribution in [2.45, 2.75) is 0 Å². The first kappa shape index (κ1) is 13.3. The van der Waals surface area contributed by atoms with Crippen LogP contribution in [0, 0.1) is 0 Å². The minimum Gasteiger partial charge on any atom is -0.321 e. The van der Waals surface area contributed by atoms with Gasteiger partial charge in [0.2, 0.25) is 17.7 Å². The van der Waals surface area contributed by atoms with E-state index in [1.807, 2.05) is 0 Å². The molecule has 0 bridgehead atoms. The van der Waals surface area contributed by atoms with Gasteiger partial charge in [-0.3, -0.25) is 19.7 Å². The van der Waals surface area contributed by atoms with Crippen molar-refractivity contribution in [3.63, 3.8) is 0 Å². The number of halogens is 1. The number of rotatable bonds is 2. The molecular formula is C13H11ClN2O3. The molecule has 1 fully saturated rings. The molecule has 0 unspecified atom stereocenters. The summed E-state index contributed by atoms with van der Waals surface area (Å²) in [5.41, 5.74) is 0.811. The topological polar surface area (TPSA) is 66.5 Å². The predicted octanol–water partition coefficient (Wildman–Crippen LogP) is 0.838. The summed E-state index contributed by atoms with van der Waals surface area (Å²) in [7, 11) is 0. The van der Waals surface area contributed by atoms with Crippen LogP contribution in [0.4, 0.5) is 0 Å². The molecule has 3 amide bonds. The molecule has 6 heteroatoms. The SMILES string of the molecule is O=C1CN(C(=O)C=Cc2ccc(Cl)cc2)CC(=O)N1. The third-order valence-corrected chi connectivity index (χ3v) is 2.80. The molecule has 5 nitrogen and oxygen atoms in total. The van der Waals surface area contributed by atoms with Gasteiger partial charge in [0.25, 0.3) is 0 Å². The summed E-state index contributed by atoms with van der Waals surface area (Å²) in [5.74, 6) is -1.31. The van der Waals surface area contributed by atoms with Crippen LogP contribution in [0.15, 0.2) is 30.3 Å². The smallest absolute Gasteiger partial charge is 0.247 e. The number of carbonyl (C=O) groups is 3. The number of benzene rings is 1. The summed E-state index contributed by atoms with van der Waals surface area (Å²) in [4.78, 5) is 35.3. The van der Waals surface area contributed by atoms with Gasteiger partial charge in [0, 0.05) is 11.1 Å². The summed E-state index contributed by atoms with van der Waals surface area (Å²) in [6.07, 6.45) is 2.94. The summed E-state index contributed by atoms with van der Waals surface area (Å²) >= 11 is 5.75. The minimum atomic E-state index is -0.468. The summed E-state index contributed by atoms with van der Waals surface area (Å²) in [6, 6.07) is 6.95. The van der Waals surface area contributed by atoms with Gasteiger partial charge in [-0.15, -0.1) is 0 Å². The normalized spacial score (nSPS) is 15.7. The van der Waals surface area contributed by atoms with Crippen molar-refractivity contribution in [1.29, 1.82) is 0 Å². The Morgan fingerprint density at radius 3 is 2.32 bits per heavy atom. The largest absolute Gasteiger partial charge is 0.321 e. The molecule has 0 aliphatic carbocycles. The lowest BCUT2D eigenvalue weighted by Gasteiger charge is -2.24. The Balaban J connectivity index is 2.02. The maximum absolute atomic E-state index is 11.8. The average molecular weight is 279 g/mol. The molecule has 1 aliphatic heterocycles. The van der Waals surface area contributed by atoms with Gasteiger partial charge >= 0.3 is 0 Å². The Labute approximate surface area is 114 Å². The van der Waals surface area contributed by atoms with Crippen molar-refractivity contribution >= 4 is 35.4 Å². The van der Waals surface area contributed by atoms with E-state index in [-0.39, 0.29) is 19.0 Å². The highest BCUT2D eigenvalue weighted by molar-refractivity contribution is 6.30. The van der Waals surface area contributed by atoms with Crippen LogP contribution in [0.5, 0.6) is 0 Å². The van der Waals surface area contributed by atoms with E-state index in [0.29, 0.717) is 5.02 Å². The number of carbonyl (C=O) groups excluding carboxylic acids is 3. The van der Waals surface area contributed by atoms with Crippen molar-refractivity contribution in [3.8, 4) is 0 Å². The second kappa shape index (κ2) is 5.67. The maximum Gasteiger partial charge on any atom is 0.247 e. The van der Waals surface area contributed by atoms with Crippen LogP contribution in [-0.4, -0.2) is 35.7 Å². The Morgan fingerprint density at radius 1 is 1.16 bits per heavy atom. The molecule has 0 atom stereocenters. The van der Waals surface area contributed by atoms with Gasteiger partial charge in [-0.05, 0) is 23.8 Å². The Kier molecular flexibility index (Phi) is 3.97. The monoisotopic (exact) mass is 278 g/mol. The first-order valence-corrected chi connectivity index (χ1v) is 5.97. The van der Waals surface area contributed by atoms with Crippen LogP contribution in [-0.2, 0) is 14.4 Å².